The summed E-state index contributed by atoms with van der Waals surface area (Å²) in [6.45, 7) is 2.57. The fourth-order valence-corrected chi connectivity index (χ4v) is 4.55. The Labute approximate surface area is 152 Å². The van der Waals surface area contributed by atoms with Gasteiger partial charge in [-0.3, -0.25) is 9.59 Å². The zero-order chi connectivity index (χ0) is 19.3. The van der Waals surface area contributed by atoms with Gasteiger partial charge in [-0.1, -0.05) is 0 Å². The lowest BCUT2D eigenvalue weighted by Crippen LogP contribution is -2.47. The van der Waals surface area contributed by atoms with Crippen LogP contribution < -0.4 is 0 Å². The van der Waals surface area contributed by atoms with Crippen LogP contribution in [0.4, 0.5) is 4.39 Å². The van der Waals surface area contributed by atoms with Crippen molar-refractivity contribution in [3.63, 3.8) is 0 Å². The van der Waals surface area contributed by atoms with Gasteiger partial charge in [0.15, 0.2) is 0 Å². The van der Waals surface area contributed by atoms with Gasteiger partial charge in [0, 0.05) is 26.2 Å². The zero-order valence-electron chi connectivity index (χ0n) is 14.6. The molecule has 1 aromatic rings. The van der Waals surface area contributed by atoms with Crippen LogP contribution in [0, 0.1) is 11.7 Å². The maximum absolute atomic E-state index is 13.0. The Morgan fingerprint density at radius 2 is 1.96 bits per heavy atom. The lowest BCUT2D eigenvalue weighted by atomic mass is 9.98. The van der Waals surface area contributed by atoms with E-state index in [4.69, 9.17) is 5.11 Å². The summed E-state index contributed by atoms with van der Waals surface area (Å²) in [5, 5.41) is 8.79. The van der Waals surface area contributed by atoms with Crippen molar-refractivity contribution in [1.82, 2.24) is 9.21 Å². The first-order valence-electron chi connectivity index (χ1n) is 8.52. The Morgan fingerprint density at radius 1 is 1.31 bits per heavy atom. The van der Waals surface area contributed by atoms with Gasteiger partial charge in [-0.2, -0.15) is 4.31 Å². The third kappa shape index (κ3) is 4.79. The number of carbonyl (C=O) groups is 2. The van der Waals surface area contributed by atoms with E-state index in [-0.39, 0.29) is 30.3 Å². The van der Waals surface area contributed by atoms with Crippen molar-refractivity contribution in [3.8, 4) is 0 Å². The Hall–Kier alpha value is -2.00. The number of amides is 1. The fourth-order valence-electron chi connectivity index (χ4n) is 3.03. The number of nitrogens with zero attached hydrogens (tertiary/aromatic N) is 2. The molecule has 1 atom stereocenters. The van der Waals surface area contributed by atoms with Crippen LogP contribution in [0.3, 0.4) is 0 Å². The molecule has 144 valence electrons. The van der Waals surface area contributed by atoms with E-state index in [0.717, 1.165) is 12.1 Å². The van der Waals surface area contributed by atoms with E-state index in [0.29, 0.717) is 25.9 Å². The fraction of sp³-hybridized carbons (Fsp3) is 0.529. The van der Waals surface area contributed by atoms with Gasteiger partial charge >= 0.3 is 5.97 Å². The second-order valence-electron chi connectivity index (χ2n) is 6.22. The van der Waals surface area contributed by atoms with Gasteiger partial charge in [-0.05, 0) is 44.0 Å². The molecule has 0 radical (unpaired) electrons. The van der Waals surface area contributed by atoms with Gasteiger partial charge in [0.2, 0.25) is 15.9 Å². The van der Waals surface area contributed by atoms with Gasteiger partial charge in [-0.25, -0.2) is 12.8 Å². The van der Waals surface area contributed by atoms with Crippen LogP contribution in [-0.2, 0) is 19.6 Å². The molecule has 1 amide bonds. The van der Waals surface area contributed by atoms with Gasteiger partial charge in [0.1, 0.15) is 5.82 Å². The summed E-state index contributed by atoms with van der Waals surface area (Å²) in [7, 11) is -3.80. The third-order valence-electron chi connectivity index (χ3n) is 4.47. The normalized spacial score (nSPS) is 18.5. The predicted molar refractivity (Wildman–Crippen MR) is 92.4 cm³/mol. The molecule has 0 aliphatic carbocycles. The molecule has 1 unspecified atom stereocenters. The SMILES string of the molecule is CCN(CCC(=O)O)C(=O)C1CCCN(S(=O)(=O)c2ccc(F)cc2)C1. The minimum absolute atomic E-state index is 0.00905. The van der Waals surface area contributed by atoms with Crippen LogP contribution in [-0.4, -0.2) is 60.8 Å². The Kier molecular flexibility index (Phi) is 6.71. The van der Waals surface area contributed by atoms with Crippen molar-refractivity contribution in [1.29, 1.82) is 0 Å². The molecule has 1 aliphatic heterocycles. The third-order valence-corrected chi connectivity index (χ3v) is 6.35. The number of carbonyl (C=O) groups excluding carboxylic acids is 1. The van der Waals surface area contributed by atoms with Crippen molar-refractivity contribution < 1.29 is 27.5 Å². The average Bonchev–Trinajstić information content (AvgIpc) is 2.62. The molecular formula is C17H23FN2O5S. The van der Waals surface area contributed by atoms with Crippen LogP contribution in [0.1, 0.15) is 26.2 Å². The molecular weight excluding hydrogens is 363 g/mol. The first-order valence-corrected chi connectivity index (χ1v) is 9.96. The van der Waals surface area contributed by atoms with E-state index in [1.54, 1.807) is 6.92 Å². The number of sulfonamides is 1. The van der Waals surface area contributed by atoms with Crippen LogP contribution >= 0.6 is 0 Å². The highest BCUT2D eigenvalue weighted by Gasteiger charge is 2.34. The van der Waals surface area contributed by atoms with Crippen molar-refractivity contribution in [3.05, 3.63) is 30.1 Å². The number of rotatable bonds is 7. The minimum Gasteiger partial charge on any atom is -0.481 e. The molecule has 1 N–H and O–H groups in total. The number of carboxylic acids is 1. The average molecular weight is 386 g/mol. The standard InChI is InChI=1S/C17H23FN2O5S/c1-2-19(11-9-16(21)22)17(23)13-4-3-10-20(12-13)26(24,25)15-7-5-14(18)6-8-15/h5-8,13H,2-4,9-12H2,1H3,(H,21,22). The number of aliphatic carboxylic acids is 1. The highest BCUT2D eigenvalue weighted by atomic mass is 32.2. The molecule has 2 rings (SSSR count). The maximum Gasteiger partial charge on any atom is 0.305 e. The molecule has 0 bridgehead atoms. The summed E-state index contributed by atoms with van der Waals surface area (Å²) in [5.74, 6) is -2.24. The van der Waals surface area contributed by atoms with Crippen LogP contribution in [0.15, 0.2) is 29.2 Å². The second-order valence-corrected chi connectivity index (χ2v) is 8.16. The highest BCUT2D eigenvalue weighted by molar-refractivity contribution is 7.89. The van der Waals surface area contributed by atoms with E-state index in [9.17, 15) is 22.4 Å². The quantitative estimate of drug-likeness (QED) is 0.767. The van der Waals surface area contributed by atoms with Crippen molar-refractivity contribution in [2.75, 3.05) is 26.2 Å². The summed E-state index contributed by atoms with van der Waals surface area (Å²) in [6, 6.07) is 4.59. The molecule has 9 heteroatoms. The number of benzene rings is 1. The lowest BCUT2D eigenvalue weighted by molar-refractivity contribution is -0.140. The molecule has 1 aromatic carbocycles. The van der Waals surface area contributed by atoms with Crippen molar-refractivity contribution >= 4 is 21.9 Å². The molecule has 0 saturated carbocycles. The summed E-state index contributed by atoms with van der Waals surface area (Å²) < 4.78 is 39.7. The first kappa shape index (κ1) is 20.3. The Balaban J connectivity index is 2.11. The summed E-state index contributed by atoms with van der Waals surface area (Å²) >= 11 is 0. The first-order chi connectivity index (χ1) is 12.3. The molecule has 26 heavy (non-hydrogen) atoms. The number of hydrogen-bond acceptors (Lipinski definition) is 4. The number of carboxylic acid groups (broad SMARTS) is 1. The van der Waals surface area contributed by atoms with E-state index in [2.05, 4.69) is 0 Å². The highest BCUT2D eigenvalue weighted by Crippen LogP contribution is 2.25. The predicted octanol–water partition coefficient (Wildman–Crippen LogP) is 1.55. The maximum atomic E-state index is 13.0. The van der Waals surface area contributed by atoms with Gasteiger partial charge in [0.25, 0.3) is 0 Å². The van der Waals surface area contributed by atoms with E-state index >= 15 is 0 Å². The Morgan fingerprint density at radius 3 is 2.54 bits per heavy atom. The molecule has 1 fully saturated rings. The second kappa shape index (κ2) is 8.59. The molecule has 7 nitrogen and oxygen atoms in total. The molecule has 1 aliphatic rings. The van der Waals surface area contributed by atoms with E-state index < -0.39 is 27.7 Å². The summed E-state index contributed by atoms with van der Waals surface area (Å²) in [4.78, 5) is 24.8. The number of halogens is 1. The van der Waals surface area contributed by atoms with Crippen LogP contribution in [0.2, 0.25) is 0 Å². The Bertz CT molecular complexity index is 751. The van der Waals surface area contributed by atoms with Gasteiger partial charge < -0.3 is 10.0 Å². The van der Waals surface area contributed by atoms with Crippen molar-refractivity contribution in [2.45, 2.75) is 31.1 Å². The van der Waals surface area contributed by atoms with Crippen LogP contribution in [0.25, 0.3) is 0 Å². The zero-order valence-corrected chi connectivity index (χ0v) is 15.4. The van der Waals surface area contributed by atoms with Gasteiger partial charge in [-0.15, -0.1) is 0 Å². The number of piperidine rings is 1. The van der Waals surface area contributed by atoms with Crippen molar-refractivity contribution in [2.24, 2.45) is 5.92 Å². The van der Waals surface area contributed by atoms with E-state index in [1.165, 1.54) is 21.3 Å². The van der Waals surface area contributed by atoms with Gasteiger partial charge in [0.05, 0.1) is 17.2 Å². The van der Waals surface area contributed by atoms with Crippen LogP contribution in [0.5, 0.6) is 0 Å². The molecule has 0 aromatic heterocycles. The summed E-state index contributed by atoms with van der Waals surface area (Å²) in [6.07, 6.45) is 0.940. The molecule has 1 saturated heterocycles. The summed E-state index contributed by atoms with van der Waals surface area (Å²) in [5.41, 5.74) is 0. The van der Waals surface area contributed by atoms with E-state index in [1.807, 2.05) is 0 Å². The lowest BCUT2D eigenvalue weighted by Gasteiger charge is -2.34. The topological polar surface area (TPSA) is 95.0 Å². The smallest absolute Gasteiger partial charge is 0.305 e. The minimum atomic E-state index is -3.80. The largest absolute Gasteiger partial charge is 0.481 e. The molecule has 0 spiro atoms. The monoisotopic (exact) mass is 386 g/mol. The number of hydrogen-bond donors (Lipinski definition) is 1. The molecule has 1 heterocycles.